The van der Waals surface area contributed by atoms with Gasteiger partial charge in [-0.2, -0.15) is 0 Å². The summed E-state index contributed by atoms with van der Waals surface area (Å²) in [6.07, 6.45) is 1.22. The number of aryl methyl sites for hydroxylation is 1. The number of piperazine rings is 1. The van der Waals surface area contributed by atoms with Gasteiger partial charge in [0.25, 0.3) is 0 Å². The fourth-order valence-electron chi connectivity index (χ4n) is 3.48. The zero-order valence-electron chi connectivity index (χ0n) is 14.9. The monoisotopic (exact) mass is 352 g/mol. The number of fused-ring (bicyclic) bond motifs is 1. The van der Waals surface area contributed by atoms with Crippen molar-refractivity contribution in [3.05, 3.63) is 41.3 Å². The lowest BCUT2D eigenvalue weighted by Gasteiger charge is -2.35. The van der Waals surface area contributed by atoms with E-state index in [1.165, 1.54) is 23.2 Å². The van der Waals surface area contributed by atoms with Crippen molar-refractivity contribution in [1.29, 1.82) is 0 Å². The zero-order chi connectivity index (χ0) is 17.2. The maximum Gasteiger partial charge on any atom is 0.163 e. The van der Waals surface area contributed by atoms with E-state index in [0.717, 1.165) is 48.2 Å². The van der Waals surface area contributed by atoms with Gasteiger partial charge in [0, 0.05) is 36.6 Å². The lowest BCUT2D eigenvalue weighted by Crippen LogP contribution is -2.46. The van der Waals surface area contributed by atoms with E-state index in [1.54, 1.807) is 11.3 Å². The fourth-order valence-corrected chi connectivity index (χ4v) is 4.36. The molecule has 0 atom stereocenters. The predicted molar refractivity (Wildman–Crippen MR) is 107 cm³/mol. The van der Waals surface area contributed by atoms with Crippen LogP contribution in [0.3, 0.4) is 0 Å². The number of hydrogen-bond donors (Lipinski definition) is 0. The van der Waals surface area contributed by atoms with E-state index in [2.05, 4.69) is 41.8 Å². The highest BCUT2D eigenvalue weighted by atomic mass is 32.1. The van der Waals surface area contributed by atoms with Gasteiger partial charge in [0.1, 0.15) is 10.6 Å². The summed E-state index contributed by atoms with van der Waals surface area (Å²) in [5, 5.41) is 1.20. The Balaban J connectivity index is 1.72. The molecule has 130 valence electrons. The second-order valence-corrected chi connectivity index (χ2v) is 7.88. The van der Waals surface area contributed by atoms with Crippen molar-refractivity contribution in [2.75, 3.05) is 37.6 Å². The molecule has 1 saturated heterocycles. The van der Waals surface area contributed by atoms with E-state index < -0.39 is 0 Å². The molecule has 0 amide bonds. The molecule has 1 aromatic carbocycles. The first-order valence-corrected chi connectivity index (χ1v) is 9.87. The van der Waals surface area contributed by atoms with Crippen LogP contribution < -0.4 is 4.90 Å². The number of rotatable bonds is 4. The average Bonchev–Trinajstić information content (AvgIpc) is 3.03. The van der Waals surface area contributed by atoms with Gasteiger partial charge in [-0.1, -0.05) is 37.3 Å². The molecule has 3 aromatic rings. The predicted octanol–water partition coefficient (Wildman–Crippen LogP) is 4.20. The Labute approximate surface area is 153 Å². The van der Waals surface area contributed by atoms with Crippen molar-refractivity contribution in [2.24, 2.45) is 0 Å². The largest absolute Gasteiger partial charge is 0.353 e. The van der Waals surface area contributed by atoms with Crippen molar-refractivity contribution < 1.29 is 0 Å². The SMILES string of the molecule is CCCN1CCN(c2nc(-c3ccccc3)nc3sc(C)cc23)CC1. The van der Waals surface area contributed by atoms with Gasteiger partial charge in [0.2, 0.25) is 0 Å². The van der Waals surface area contributed by atoms with Gasteiger partial charge in [0.05, 0.1) is 5.39 Å². The topological polar surface area (TPSA) is 32.3 Å². The van der Waals surface area contributed by atoms with Gasteiger partial charge in [-0.25, -0.2) is 9.97 Å². The van der Waals surface area contributed by atoms with Gasteiger partial charge in [-0.3, -0.25) is 4.90 Å². The Bertz CT molecular complexity index is 851. The Kier molecular flexibility index (Phi) is 4.68. The van der Waals surface area contributed by atoms with Crippen LogP contribution in [0, 0.1) is 6.92 Å². The number of nitrogens with zero attached hydrogens (tertiary/aromatic N) is 4. The molecular formula is C20H24N4S. The lowest BCUT2D eigenvalue weighted by molar-refractivity contribution is 0.258. The van der Waals surface area contributed by atoms with E-state index in [9.17, 15) is 0 Å². The molecule has 2 aromatic heterocycles. The van der Waals surface area contributed by atoms with Gasteiger partial charge in [0.15, 0.2) is 5.82 Å². The average molecular weight is 353 g/mol. The van der Waals surface area contributed by atoms with E-state index in [4.69, 9.17) is 9.97 Å². The van der Waals surface area contributed by atoms with Gasteiger partial charge in [-0.15, -0.1) is 11.3 Å². The number of thiophene rings is 1. The summed E-state index contributed by atoms with van der Waals surface area (Å²) < 4.78 is 0. The molecule has 1 fully saturated rings. The van der Waals surface area contributed by atoms with Crippen molar-refractivity contribution >= 4 is 27.4 Å². The van der Waals surface area contributed by atoms with Crippen LogP contribution in [0.1, 0.15) is 18.2 Å². The molecule has 0 spiro atoms. The van der Waals surface area contributed by atoms with Crippen molar-refractivity contribution in [3.63, 3.8) is 0 Å². The number of hydrogen-bond acceptors (Lipinski definition) is 5. The quantitative estimate of drug-likeness (QED) is 0.704. The molecule has 1 aliphatic rings. The molecular weight excluding hydrogens is 328 g/mol. The maximum absolute atomic E-state index is 4.98. The van der Waals surface area contributed by atoms with E-state index in [0.29, 0.717) is 0 Å². The highest BCUT2D eigenvalue weighted by Gasteiger charge is 2.21. The second kappa shape index (κ2) is 7.10. The normalized spacial score (nSPS) is 15.8. The third kappa shape index (κ3) is 3.39. The minimum atomic E-state index is 0.834. The van der Waals surface area contributed by atoms with Crippen LogP contribution in [-0.4, -0.2) is 47.6 Å². The lowest BCUT2D eigenvalue weighted by atomic mass is 10.2. The summed E-state index contributed by atoms with van der Waals surface area (Å²) in [4.78, 5) is 17.2. The fraction of sp³-hybridized carbons (Fsp3) is 0.400. The summed E-state index contributed by atoms with van der Waals surface area (Å²) in [6.45, 7) is 9.90. The first kappa shape index (κ1) is 16.5. The summed E-state index contributed by atoms with van der Waals surface area (Å²) in [6, 6.07) is 12.5. The van der Waals surface area contributed by atoms with Crippen LogP contribution in [0.25, 0.3) is 21.6 Å². The molecule has 0 radical (unpaired) electrons. The molecule has 3 heterocycles. The number of benzene rings is 1. The van der Waals surface area contributed by atoms with Crippen LogP contribution in [-0.2, 0) is 0 Å². The molecule has 0 aliphatic carbocycles. The molecule has 1 aliphatic heterocycles. The van der Waals surface area contributed by atoms with Crippen LogP contribution in [0.15, 0.2) is 36.4 Å². The first-order chi connectivity index (χ1) is 12.2. The van der Waals surface area contributed by atoms with Crippen molar-refractivity contribution in [1.82, 2.24) is 14.9 Å². The minimum absolute atomic E-state index is 0.834. The Hall–Kier alpha value is -1.98. The van der Waals surface area contributed by atoms with Crippen molar-refractivity contribution in [2.45, 2.75) is 20.3 Å². The molecule has 4 nitrogen and oxygen atoms in total. The highest BCUT2D eigenvalue weighted by molar-refractivity contribution is 7.18. The molecule has 4 rings (SSSR count). The van der Waals surface area contributed by atoms with Gasteiger partial charge >= 0.3 is 0 Å². The van der Waals surface area contributed by atoms with Crippen molar-refractivity contribution in [3.8, 4) is 11.4 Å². The van der Waals surface area contributed by atoms with Crippen LogP contribution in [0.5, 0.6) is 0 Å². The van der Waals surface area contributed by atoms with Crippen LogP contribution >= 0.6 is 11.3 Å². The second-order valence-electron chi connectivity index (χ2n) is 6.64. The Morgan fingerprint density at radius 1 is 1.04 bits per heavy atom. The van der Waals surface area contributed by atoms with E-state index in [1.807, 2.05) is 18.2 Å². The third-order valence-electron chi connectivity index (χ3n) is 4.74. The summed E-state index contributed by atoms with van der Waals surface area (Å²) >= 11 is 1.76. The Morgan fingerprint density at radius 2 is 1.80 bits per heavy atom. The maximum atomic E-state index is 4.98. The highest BCUT2D eigenvalue weighted by Crippen LogP contribution is 2.33. The van der Waals surface area contributed by atoms with E-state index >= 15 is 0 Å². The summed E-state index contributed by atoms with van der Waals surface area (Å²) in [7, 11) is 0. The van der Waals surface area contributed by atoms with E-state index in [-0.39, 0.29) is 0 Å². The molecule has 0 bridgehead atoms. The smallest absolute Gasteiger partial charge is 0.163 e. The molecule has 25 heavy (non-hydrogen) atoms. The summed E-state index contributed by atoms with van der Waals surface area (Å²) in [5.74, 6) is 1.94. The van der Waals surface area contributed by atoms with Gasteiger partial charge in [-0.05, 0) is 26.0 Å². The van der Waals surface area contributed by atoms with Gasteiger partial charge < -0.3 is 4.90 Å². The minimum Gasteiger partial charge on any atom is -0.353 e. The summed E-state index contributed by atoms with van der Waals surface area (Å²) in [5.41, 5.74) is 1.08. The molecule has 0 N–H and O–H groups in total. The zero-order valence-corrected chi connectivity index (χ0v) is 15.7. The molecule has 0 saturated carbocycles. The first-order valence-electron chi connectivity index (χ1n) is 9.05. The standard InChI is InChI=1S/C20H24N4S/c1-3-9-23-10-12-24(13-11-23)19-17-14-15(2)25-20(17)22-18(21-19)16-7-5-4-6-8-16/h4-8,14H,3,9-13H2,1-2H3. The molecule has 0 unspecified atom stereocenters. The third-order valence-corrected chi connectivity index (χ3v) is 5.68. The Morgan fingerprint density at radius 3 is 2.52 bits per heavy atom. The van der Waals surface area contributed by atoms with Crippen LogP contribution in [0.4, 0.5) is 5.82 Å². The van der Waals surface area contributed by atoms with Crippen LogP contribution in [0.2, 0.25) is 0 Å². The molecule has 5 heteroatoms. The number of anilines is 1. The number of aromatic nitrogens is 2.